The van der Waals surface area contributed by atoms with E-state index in [0.717, 1.165) is 12.8 Å². The minimum atomic E-state index is -0.753. The Morgan fingerprint density at radius 1 is 1.48 bits per heavy atom. The van der Waals surface area contributed by atoms with Crippen molar-refractivity contribution in [2.24, 2.45) is 11.3 Å². The molecule has 1 aliphatic rings. The molecule has 1 N–H and O–H groups in total. The molecule has 0 radical (unpaired) electrons. The second-order valence-electron chi connectivity index (χ2n) is 5.99. The van der Waals surface area contributed by atoms with E-state index in [1.807, 2.05) is 0 Å². The lowest BCUT2D eigenvalue weighted by atomic mass is 9.79. The van der Waals surface area contributed by atoms with Crippen LogP contribution in [0.2, 0.25) is 0 Å². The first-order valence-corrected chi connectivity index (χ1v) is 7.44. The second kappa shape index (κ2) is 6.24. The molecule has 2 atom stereocenters. The molecule has 1 saturated carbocycles. The first-order chi connectivity index (χ1) is 9.98. The highest BCUT2D eigenvalue weighted by molar-refractivity contribution is 5.75. The lowest BCUT2D eigenvalue weighted by Gasteiger charge is -2.24. The minimum Gasteiger partial charge on any atom is -0.481 e. The van der Waals surface area contributed by atoms with Gasteiger partial charge in [0.15, 0.2) is 0 Å². The summed E-state index contributed by atoms with van der Waals surface area (Å²) in [5, 5.41) is 20.6. The topological polar surface area (TPSA) is 80.4 Å². The number of benzene rings is 1. The molecule has 0 aliphatic heterocycles. The average Bonchev–Trinajstić information content (AvgIpc) is 2.90. The van der Waals surface area contributed by atoms with Crippen molar-refractivity contribution in [1.82, 2.24) is 0 Å². The van der Waals surface area contributed by atoms with Crippen LogP contribution in [0.15, 0.2) is 24.3 Å². The molecular weight excluding hydrogens is 270 g/mol. The van der Waals surface area contributed by atoms with Gasteiger partial charge in [-0.15, -0.1) is 0 Å². The number of nitro benzene ring substituents is 1. The van der Waals surface area contributed by atoms with Gasteiger partial charge in [0.1, 0.15) is 0 Å². The summed E-state index contributed by atoms with van der Waals surface area (Å²) in [5.41, 5.74) is 0.0100. The van der Waals surface area contributed by atoms with Gasteiger partial charge in [-0.05, 0) is 38.0 Å². The van der Waals surface area contributed by atoms with E-state index in [1.54, 1.807) is 18.2 Å². The van der Waals surface area contributed by atoms with Crippen molar-refractivity contribution in [3.8, 4) is 0 Å². The van der Waals surface area contributed by atoms with E-state index >= 15 is 0 Å². The van der Waals surface area contributed by atoms with E-state index in [9.17, 15) is 20.0 Å². The molecule has 0 bridgehead atoms. The fourth-order valence-electron chi connectivity index (χ4n) is 3.39. The second-order valence-corrected chi connectivity index (χ2v) is 5.99. The molecule has 1 aliphatic carbocycles. The quantitative estimate of drug-likeness (QED) is 0.638. The Labute approximate surface area is 124 Å². The van der Waals surface area contributed by atoms with Crippen molar-refractivity contribution < 1.29 is 14.8 Å². The van der Waals surface area contributed by atoms with E-state index in [1.165, 1.54) is 6.07 Å². The third-order valence-corrected chi connectivity index (χ3v) is 4.80. The van der Waals surface area contributed by atoms with Gasteiger partial charge in [0.25, 0.3) is 5.69 Å². The van der Waals surface area contributed by atoms with Crippen LogP contribution in [-0.2, 0) is 11.2 Å². The number of hydrogen-bond acceptors (Lipinski definition) is 3. The standard InChI is InChI=1S/C16H21NO4/c1-2-12-7-9-16(11-12,15(18)19)10-8-13-5-3-4-6-14(13)17(20)21/h3-6,12H,2,7-11H2,1H3,(H,18,19). The summed E-state index contributed by atoms with van der Waals surface area (Å²) in [6, 6.07) is 6.60. The minimum absolute atomic E-state index is 0.0862. The molecule has 2 rings (SSSR count). The van der Waals surface area contributed by atoms with Gasteiger partial charge in [0.2, 0.25) is 0 Å². The molecule has 1 aromatic carbocycles. The van der Waals surface area contributed by atoms with Gasteiger partial charge in [-0.3, -0.25) is 14.9 Å². The van der Waals surface area contributed by atoms with E-state index < -0.39 is 16.3 Å². The summed E-state index contributed by atoms with van der Waals surface area (Å²) in [5.74, 6) is -0.288. The molecular formula is C16H21NO4. The Morgan fingerprint density at radius 3 is 2.76 bits per heavy atom. The van der Waals surface area contributed by atoms with Crippen LogP contribution in [0.1, 0.15) is 44.6 Å². The van der Waals surface area contributed by atoms with Gasteiger partial charge in [-0.25, -0.2) is 0 Å². The summed E-state index contributed by atoms with van der Waals surface area (Å²) in [7, 11) is 0. The molecule has 21 heavy (non-hydrogen) atoms. The Hall–Kier alpha value is -1.91. The molecule has 0 spiro atoms. The first-order valence-electron chi connectivity index (χ1n) is 7.44. The number of nitro groups is 1. The highest BCUT2D eigenvalue weighted by atomic mass is 16.6. The highest BCUT2D eigenvalue weighted by Crippen LogP contribution is 2.46. The van der Waals surface area contributed by atoms with Crippen LogP contribution in [0.3, 0.4) is 0 Å². The maximum absolute atomic E-state index is 11.7. The lowest BCUT2D eigenvalue weighted by molar-refractivity contribution is -0.385. The molecule has 1 aromatic rings. The molecule has 114 valence electrons. The predicted molar refractivity (Wildman–Crippen MR) is 79.1 cm³/mol. The van der Waals surface area contributed by atoms with Crippen LogP contribution in [0.5, 0.6) is 0 Å². The van der Waals surface area contributed by atoms with E-state index in [-0.39, 0.29) is 5.69 Å². The molecule has 0 saturated heterocycles. The number of rotatable bonds is 6. The number of hydrogen-bond donors (Lipinski definition) is 1. The van der Waals surface area contributed by atoms with Crippen LogP contribution in [0.25, 0.3) is 0 Å². The van der Waals surface area contributed by atoms with Gasteiger partial charge in [0, 0.05) is 11.6 Å². The fourth-order valence-corrected chi connectivity index (χ4v) is 3.39. The SMILES string of the molecule is CCC1CCC(CCc2ccccc2[N+](=O)[O-])(C(=O)O)C1. The molecule has 5 nitrogen and oxygen atoms in total. The van der Waals surface area contributed by atoms with Crippen LogP contribution in [0.4, 0.5) is 5.69 Å². The Morgan fingerprint density at radius 2 is 2.19 bits per heavy atom. The largest absolute Gasteiger partial charge is 0.481 e. The smallest absolute Gasteiger partial charge is 0.309 e. The normalized spacial score (nSPS) is 24.9. The summed E-state index contributed by atoms with van der Waals surface area (Å²) in [6.45, 7) is 2.09. The van der Waals surface area contributed by atoms with Crippen molar-refractivity contribution in [2.45, 2.75) is 45.4 Å². The number of nitrogens with zero attached hydrogens (tertiary/aromatic N) is 1. The van der Waals surface area contributed by atoms with Crippen LogP contribution in [-0.4, -0.2) is 16.0 Å². The number of carbonyl (C=O) groups is 1. The summed E-state index contributed by atoms with van der Waals surface area (Å²) < 4.78 is 0. The van der Waals surface area contributed by atoms with E-state index in [4.69, 9.17) is 0 Å². The first kappa shape index (κ1) is 15.5. The van der Waals surface area contributed by atoms with Crippen LogP contribution < -0.4 is 0 Å². The van der Waals surface area contributed by atoms with Crippen molar-refractivity contribution in [1.29, 1.82) is 0 Å². The monoisotopic (exact) mass is 291 g/mol. The number of carboxylic acids is 1. The van der Waals surface area contributed by atoms with Gasteiger partial charge in [0.05, 0.1) is 10.3 Å². The maximum atomic E-state index is 11.7. The lowest BCUT2D eigenvalue weighted by Crippen LogP contribution is -2.29. The predicted octanol–water partition coefficient (Wildman–Crippen LogP) is 3.81. The number of carboxylic acid groups (broad SMARTS) is 1. The third kappa shape index (κ3) is 3.23. The van der Waals surface area contributed by atoms with Crippen molar-refractivity contribution in [3.05, 3.63) is 39.9 Å². The fraction of sp³-hybridized carbons (Fsp3) is 0.562. The van der Waals surface area contributed by atoms with Gasteiger partial charge >= 0.3 is 5.97 Å². The van der Waals surface area contributed by atoms with Crippen molar-refractivity contribution in [2.75, 3.05) is 0 Å². The van der Waals surface area contributed by atoms with E-state index in [2.05, 4.69) is 6.92 Å². The Kier molecular flexibility index (Phi) is 4.60. The molecule has 1 fully saturated rings. The molecule has 5 heteroatoms. The summed E-state index contributed by atoms with van der Waals surface area (Å²) >= 11 is 0. The Balaban J connectivity index is 2.14. The van der Waals surface area contributed by atoms with Crippen molar-refractivity contribution >= 4 is 11.7 Å². The van der Waals surface area contributed by atoms with Gasteiger partial charge in [-0.2, -0.15) is 0 Å². The van der Waals surface area contributed by atoms with Crippen molar-refractivity contribution in [3.63, 3.8) is 0 Å². The zero-order chi connectivity index (χ0) is 15.5. The van der Waals surface area contributed by atoms with Crippen LogP contribution >= 0.6 is 0 Å². The zero-order valence-corrected chi connectivity index (χ0v) is 12.2. The molecule has 0 aromatic heterocycles. The molecule has 2 unspecified atom stereocenters. The zero-order valence-electron chi connectivity index (χ0n) is 12.2. The van der Waals surface area contributed by atoms with E-state index in [0.29, 0.717) is 37.2 Å². The number of para-hydroxylation sites is 1. The summed E-state index contributed by atoms with van der Waals surface area (Å²) in [6.07, 6.45) is 4.24. The summed E-state index contributed by atoms with van der Waals surface area (Å²) in [4.78, 5) is 22.3. The number of aliphatic carboxylic acids is 1. The number of aryl methyl sites for hydroxylation is 1. The maximum Gasteiger partial charge on any atom is 0.309 e. The molecule has 0 amide bonds. The Bertz CT molecular complexity index is 543. The van der Waals surface area contributed by atoms with Gasteiger partial charge < -0.3 is 5.11 Å². The highest BCUT2D eigenvalue weighted by Gasteiger charge is 2.44. The third-order valence-electron chi connectivity index (χ3n) is 4.80. The van der Waals surface area contributed by atoms with Gasteiger partial charge in [-0.1, -0.05) is 31.5 Å². The molecule has 0 heterocycles. The average molecular weight is 291 g/mol. The van der Waals surface area contributed by atoms with Crippen LogP contribution in [0, 0.1) is 21.4 Å².